The molecule has 0 saturated heterocycles. The molecule has 1 amide bonds. The van der Waals surface area contributed by atoms with Crippen LogP contribution in [0.25, 0.3) is 0 Å². The summed E-state index contributed by atoms with van der Waals surface area (Å²) < 4.78 is 2.63. The first-order valence-electron chi connectivity index (χ1n) is 9.58. The van der Waals surface area contributed by atoms with Gasteiger partial charge in [-0.15, -0.1) is 0 Å². The Kier molecular flexibility index (Phi) is 5.33. The van der Waals surface area contributed by atoms with Crippen LogP contribution in [0.1, 0.15) is 40.5 Å². The van der Waals surface area contributed by atoms with E-state index in [0.717, 1.165) is 24.1 Å². The van der Waals surface area contributed by atoms with Gasteiger partial charge in [-0.05, 0) is 30.5 Å². The predicted octanol–water partition coefficient (Wildman–Crippen LogP) is 1.16. The van der Waals surface area contributed by atoms with E-state index in [4.69, 9.17) is 0 Å². The van der Waals surface area contributed by atoms with Crippen LogP contribution < -0.4 is 16.4 Å². The molecule has 8 heteroatoms. The first kappa shape index (κ1) is 18.8. The van der Waals surface area contributed by atoms with Gasteiger partial charge in [0.05, 0.1) is 18.8 Å². The standard InChI is InChI=1S/C21H21N5O3/c27-19-10-8-17(16-6-7-16)23-25(19)13-12-22-21(29)18-9-11-20(28)26(24-18)14-15-4-2-1-3-5-15/h1-5,8-11,16H,6-7,12-14H2,(H,22,29). The van der Waals surface area contributed by atoms with Crippen molar-refractivity contribution in [1.29, 1.82) is 0 Å². The summed E-state index contributed by atoms with van der Waals surface area (Å²) in [7, 11) is 0. The van der Waals surface area contributed by atoms with E-state index < -0.39 is 5.91 Å². The number of carbonyl (C=O) groups is 1. The van der Waals surface area contributed by atoms with Gasteiger partial charge >= 0.3 is 0 Å². The van der Waals surface area contributed by atoms with Crippen molar-refractivity contribution in [3.05, 3.63) is 92.3 Å². The fourth-order valence-electron chi connectivity index (χ4n) is 3.03. The van der Waals surface area contributed by atoms with Gasteiger partial charge in [0.15, 0.2) is 0 Å². The molecule has 0 bridgehead atoms. The molecule has 4 rings (SSSR count). The Hall–Kier alpha value is -3.55. The van der Waals surface area contributed by atoms with Gasteiger partial charge in [-0.2, -0.15) is 10.2 Å². The normalized spacial score (nSPS) is 13.2. The predicted molar refractivity (Wildman–Crippen MR) is 107 cm³/mol. The number of nitrogens with zero attached hydrogens (tertiary/aromatic N) is 4. The number of amides is 1. The summed E-state index contributed by atoms with van der Waals surface area (Å²) in [5.74, 6) is 0.0458. The Morgan fingerprint density at radius 1 is 0.931 bits per heavy atom. The van der Waals surface area contributed by atoms with Crippen LogP contribution in [0, 0.1) is 0 Å². The molecule has 3 aromatic rings. The molecule has 1 fully saturated rings. The van der Waals surface area contributed by atoms with Gasteiger partial charge in [-0.3, -0.25) is 14.4 Å². The molecule has 0 unspecified atom stereocenters. The second-order valence-corrected chi connectivity index (χ2v) is 7.05. The van der Waals surface area contributed by atoms with Gasteiger partial charge in [-0.1, -0.05) is 30.3 Å². The van der Waals surface area contributed by atoms with Crippen molar-refractivity contribution in [3.8, 4) is 0 Å². The number of benzene rings is 1. The zero-order valence-electron chi connectivity index (χ0n) is 15.8. The number of carbonyl (C=O) groups excluding carboxylic acids is 1. The highest BCUT2D eigenvalue weighted by Crippen LogP contribution is 2.38. The highest BCUT2D eigenvalue weighted by Gasteiger charge is 2.25. The number of hydrogen-bond acceptors (Lipinski definition) is 5. The molecule has 29 heavy (non-hydrogen) atoms. The highest BCUT2D eigenvalue weighted by molar-refractivity contribution is 5.91. The molecule has 0 spiro atoms. The van der Waals surface area contributed by atoms with Crippen LogP contribution in [0.5, 0.6) is 0 Å². The lowest BCUT2D eigenvalue weighted by molar-refractivity contribution is 0.0944. The number of nitrogens with one attached hydrogen (secondary N) is 1. The Morgan fingerprint density at radius 3 is 2.41 bits per heavy atom. The number of rotatable bonds is 7. The van der Waals surface area contributed by atoms with Crippen LogP contribution in [0.2, 0.25) is 0 Å². The molecule has 2 aromatic heterocycles. The van der Waals surface area contributed by atoms with Gasteiger partial charge in [0.25, 0.3) is 17.0 Å². The Balaban J connectivity index is 1.40. The topological polar surface area (TPSA) is 98.9 Å². The fourth-order valence-corrected chi connectivity index (χ4v) is 3.03. The SMILES string of the molecule is O=C(NCCn1nc(C2CC2)ccc1=O)c1ccc(=O)n(Cc2ccccc2)n1. The summed E-state index contributed by atoms with van der Waals surface area (Å²) in [6, 6.07) is 15.5. The molecule has 0 aliphatic heterocycles. The van der Waals surface area contributed by atoms with E-state index in [1.165, 1.54) is 27.6 Å². The molecule has 0 atom stereocenters. The van der Waals surface area contributed by atoms with E-state index in [2.05, 4.69) is 15.5 Å². The summed E-state index contributed by atoms with van der Waals surface area (Å²) in [5, 5.41) is 11.3. The average Bonchev–Trinajstić information content (AvgIpc) is 3.57. The minimum atomic E-state index is -0.404. The zero-order valence-corrected chi connectivity index (χ0v) is 15.8. The van der Waals surface area contributed by atoms with Crippen molar-refractivity contribution < 1.29 is 4.79 Å². The largest absolute Gasteiger partial charge is 0.349 e. The van der Waals surface area contributed by atoms with Crippen LogP contribution in [-0.2, 0) is 13.1 Å². The van der Waals surface area contributed by atoms with Crippen molar-refractivity contribution in [2.45, 2.75) is 31.8 Å². The summed E-state index contributed by atoms with van der Waals surface area (Å²) in [4.78, 5) is 36.4. The molecule has 1 aliphatic rings. The summed E-state index contributed by atoms with van der Waals surface area (Å²) in [6.45, 7) is 0.794. The van der Waals surface area contributed by atoms with Crippen LogP contribution in [0.15, 0.2) is 64.2 Å². The molecule has 1 aliphatic carbocycles. The summed E-state index contributed by atoms with van der Waals surface area (Å²) in [6.07, 6.45) is 2.21. The monoisotopic (exact) mass is 391 g/mol. The molecular formula is C21H21N5O3. The van der Waals surface area contributed by atoms with Crippen molar-refractivity contribution in [3.63, 3.8) is 0 Å². The lowest BCUT2D eigenvalue weighted by Gasteiger charge is -2.09. The third kappa shape index (κ3) is 4.66. The van der Waals surface area contributed by atoms with Gasteiger partial charge in [0.1, 0.15) is 5.69 Å². The number of aromatic nitrogens is 4. The molecule has 1 aromatic carbocycles. The van der Waals surface area contributed by atoms with Crippen molar-refractivity contribution in [2.24, 2.45) is 0 Å². The summed E-state index contributed by atoms with van der Waals surface area (Å²) >= 11 is 0. The Labute approximate surface area is 166 Å². The van der Waals surface area contributed by atoms with E-state index in [-0.39, 0.29) is 36.4 Å². The summed E-state index contributed by atoms with van der Waals surface area (Å²) in [5.41, 5.74) is 1.51. The van der Waals surface area contributed by atoms with E-state index in [1.54, 1.807) is 6.07 Å². The van der Waals surface area contributed by atoms with Gasteiger partial charge < -0.3 is 5.32 Å². The Bertz CT molecular complexity index is 1130. The van der Waals surface area contributed by atoms with Crippen molar-refractivity contribution >= 4 is 5.91 Å². The fraction of sp³-hybridized carbons (Fsp3) is 0.286. The minimum absolute atomic E-state index is 0.146. The molecule has 0 radical (unpaired) electrons. The molecular weight excluding hydrogens is 370 g/mol. The maximum absolute atomic E-state index is 12.4. The van der Waals surface area contributed by atoms with Crippen LogP contribution in [0.4, 0.5) is 0 Å². The first-order valence-corrected chi connectivity index (χ1v) is 9.58. The smallest absolute Gasteiger partial charge is 0.271 e. The lowest BCUT2D eigenvalue weighted by atomic mass is 10.2. The number of hydrogen-bond donors (Lipinski definition) is 1. The quantitative estimate of drug-likeness (QED) is 0.652. The van der Waals surface area contributed by atoms with Gasteiger partial charge in [0.2, 0.25) is 0 Å². The second kappa shape index (κ2) is 8.22. The van der Waals surface area contributed by atoms with Gasteiger partial charge in [0, 0.05) is 24.6 Å². The first-order chi connectivity index (χ1) is 14.1. The van der Waals surface area contributed by atoms with Crippen LogP contribution >= 0.6 is 0 Å². The Morgan fingerprint density at radius 2 is 1.66 bits per heavy atom. The lowest BCUT2D eigenvalue weighted by Crippen LogP contribution is -2.34. The maximum atomic E-state index is 12.4. The molecule has 1 saturated carbocycles. The maximum Gasteiger partial charge on any atom is 0.271 e. The van der Waals surface area contributed by atoms with Crippen molar-refractivity contribution in [2.75, 3.05) is 6.54 Å². The molecule has 8 nitrogen and oxygen atoms in total. The second-order valence-electron chi connectivity index (χ2n) is 7.05. The average molecular weight is 391 g/mol. The third-order valence-electron chi connectivity index (χ3n) is 4.77. The van der Waals surface area contributed by atoms with E-state index >= 15 is 0 Å². The molecule has 2 heterocycles. The van der Waals surface area contributed by atoms with E-state index in [1.807, 2.05) is 30.3 Å². The van der Waals surface area contributed by atoms with Crippen molar-refractivity contribution in [1.82, 2.24) is 24.9 Å². The van der Waals surface area contributed by atoms with Crippen LogP contribution in [-0.4, -0.2) is 32.0 Å². The minimum Gasteiger partial charge on any atom is -0.349 e. The molecule has 1 N–H and O–H groups in total. The van der Waals surface area contributed by atoms with E-state index in [9.17, 15) is 14.4 Å². The van der Waals surface area contributed by atoms with Gasteiger partial charge in [-0.25, -0.2) is 9.36 Å². The van der Waals surface area contributed by atoms with Crippen LogP contribution in [0.3, 0.4) is 0 Å². The zero-order chi connectivity index (χ0) is 20.2. The molecule has 148 valence electrons. The van der Waals surface area contributed by atoms with E-state index in [0.29, 0.717) is 5.92 Å². The highest BCUT2D eigenvalue weighted by atomic mass is 16.2. The third-order valence-corrected chi connectivity index (χ3v) is 4.77.